The first-order valence-electron chi connectivity index (χ1n) is 3.74. The van der Waals surface area contributed by atoms with Crippen molar-refractivity contribution in [3.63, 3.8) is 0 Å². The van der Waals surface area contributed by atoms with Crippen molar-refractivity contribution in [1.29, 1.82) is 0 Å². The molecule has 0 spiro atoms. The van der Waals surface area contributed by atoms with Gasteiger partial charge in [0.15, 0.2) is 0 Å². The molecule has 72 valence electrons. The maximum atomic E-state index is 11.1. The Morgan fingerprint density at radius 1 is 1.20 bits per heavy atom. The fourth-order valence-corrected chi connectivity index (χ4v) is 1.27. The van der Waals surface area contributed by atoms with Gasteiger partial charge in [0, 0.05) is 12.1 Å². The number of nitro groups is 1. The minimum atomic E-state index is -0.615. The number of non-ortho nitro benzene ring substituents is 1. The number of rotatable bonds is 1. The standard InChI is InChI=1S/C8H4N2O4.K.H/c11-7-5-2-1-4(10(13)14)3-6(5)8(12)9-7;;/h1-3H,(H,9,11,12);;/q;+1;-1. The van der Waals surface area contributed by atoms with Crippen LogP contribution < -0.4 is 56.7 Å². The van der Waals surface area contributed by atoms with Crippen LogP contribution in [-0.4, -0.2) is 16.7 Å². The smallest absolute Gasteiger partial charge is 1.00 e. The van der Waals surface area contributed by atoms with E-state index in [1.54, 1.807) is 0 Å². The molecule has 1 aromatic carbocycles. The van der Waals surface area contributed by atoms with Gasteiger partial charge < -0.3 is 1.43 Å². The van der Waals surface area contributed by atoms with Crippen molar-refractivity contribution >= 4 is 17.5 Å². The molecule has 1 heterocycles. The summed E-state index contributed by atoms with van der Waals surface area (Å²) >= 11 is 0. The second-order valence-electron chi connectivity index (χ2n) is 2.77. The van der Waals surface area contributed by atoms with Gasteiger partial charge in [-0.2, -0.15) is 0 Å². The van der Waals surface area contributed by atoms with Crippen LogP contribution in [0.4, 0.5) is 5.69 Å². The molecule has 6 nitrogen and oxygen atoms in total. The number of fused-ring (bicyclic) bond motifs is 1. The molecule has 1 N–H and O–H groups in total. The van der Waals surface area contributed by atoms with Gasteiger partial charge in [0.1, 0.15) is 0 Å². The molecule has 1 aliphatic rings. The molecular weight excluding hydrogens is 227 g/mol. The quantitative estimate of drug-likeness (QED) is 0.253. The molecule has 0 radical (unpaired) electrons. The minimum Gasteiger partial charge on any atom is -1.00 e. The molecule has 0 aliphatic carbocycles. The molecule has 1 aromatic rings. The molecule has 0 atom stereocenters. The number of nitrogens with one attached hydrogen (secondary N) is 1. The summed E-state index contributed by atoms with van der Waals surface area (Å²) in [7, 11) is 0. The van der Waals surface area contributed by atoms with Gasteiger partial charge in [-0.15, -0.1) is 0 Å². The Bertz CT molecular complexity index is 477. The van der Waals surface area contributed by atoms with Crippen molar-refractivity contribution in [1.82, 2.24) is 5.32 Å². The summed E-state index contributed by atoms with van der Waals surface area (Å²) in [5, 5.41) is 12.4. The molecule has 7 heteroatoms. The van der Waals surface area contributed by atoms with Gasteiger partial charge in [-0.05, 0) is 6.07 Å². The van der Waals surface area contributed by atoms with E-state index in [2.05, 4.69) is 0 Å². The number of benzene rings is 1. The van der Waals surface area contributed by atoms with Crippen LogP contribution in [0.2, 0.25) is 0 Å². The molecule has 15 heavy (non-hydrogen) atoms. The largest absolute Gasteiger partial charge is 1.00 e. The topological polar surface area (TPSA) is 89.3 Å². The minimum absolute atomic E-state index is 0. The van der Waals surface area contributed by atoms with Crippen molar-refractivity contribution in [2.75, 3.05) is 0 Å². The van der Waals surface area contributed by atoms with Crippen molar-refractivity contribution in [3.8, 4) is 0 Å². The molecule has 0 saturated carbocycles. The van der Waals surface area contributed by atoms with E-state index in [0.29, 0.717) is 0 Å². The third-order valence-corrected chi connectivity index (χ3v) is 1.93. The van der Waals surface area contributed by atoms with Crippen molar-refractivity contribution in [2.24, 2.45) is 0 Å². The number of carbonyl (C=O) groups excluding carboxylic acids is 2. The summed E-state index contributed by atoms with van der Waals surface area (Å²) in [6.07, 6.45) is 0. The molecule has 1 aliphatic heterocycles. The van der Waals surface area contributed by atoms with Crippen LogP contribution in [0, 0.1) is 10.1 Å². The van der Waals surface area contributed by atoms with Crippen LogP contribution in [0.1, 0.15) is 22.1 Å². The summed E-state index contributed by atoms with van der Waals surface area (Å²) in [6, 6.07) is 3.56. The number of hydrogen-bond acceptors (Lipinski definition) is 4. The number of nitro benzene ring substituents is 1. The number of nitrogens with zero attached hydrogens (tertiary/aromatic N) is 1. The Morgan fingerprint density at radius 2 is 1.80 bits per heavy atom. The van der Waals surface area contributed by atoms with Gasteiger partial charge in [0.05, 0.1) is 16.1 Å². The van der Waals surface area contributed by atoms with Gasteiger partial charge in [0.2, 0.25) is 0 Å². The van der Waals surface area contributed by atoms with Crippen LogP contribution in [0.25, 0.3) is 0 Å². The van der Waals surface area contributed by atoms with Crippen LogP contribution in [-0.2, 0) is 0 Å². The third-order valence-electron chi connectivity index (χ3n) is 1.93. The average molecular weight is 232 g/mol. The Labute approximate surface area is 128 Å². The second-order valence-corrected chi connectivity index (χ2v) is 2.77. The Balaban J connectivity index is 0.00000112. The predicted molar refractivity (Wildman–Crippen MR) is 46.0 cm³/mol. The SMILES string of the molecule is O=C1NC(=O)c2cc([N+](=O)[O-])ccc21.[H-].[K+]. The van der Waals surface area contributed by atoms with Crippen LogP contribution in [0.15, 0.2) is 18.2 Å². The van der Waals surface area contributed by atoms with E-state index in [0.717, 1.165) is 6.07 Å². The number of imide groups is 1. The van der Waals surface area contributed by atoms with Gasteiger partial charge in [-0.1, -0.05) is 0 Å². The van der Waals surface area contributed by atoms with Gasteiger partial charge in [0.25, 0.3) is 17.5 Å². The molecule has 0 unspecified atom stereocenters. The number of carbonyl (C=O) groups is 2. The van der Waals surface area contributed by atoms with E-state index >= 15 is 0 Å². The zero-order chi connectivity index (χ0) is 10.3. The van der Waals surface area contributed by atoms with E-state index in [1.165, 1.54) is 12.1 Å². The Hall–Kier alpha value is -0.604. The van der Waals surface area contributed by atoms with Crippen molar-refractivity contribution < 1.29 is 67.3 Å². The van der Waals surface area contributed by atoms with Gasteiger partial charge in [-0.3, -0.25) is 25.0 Å². The van der Waals surface area contributed by atoms with Crippen LogP contribution in [0.5, 0.6) is 0 Å². The number of hydrogen-bond donors (Lipinski definition) is 1. The monoisotopic (exact) mass is 232 g/mol. The first-order chi connectivity index (χ1) is 6.59. The predicted octanol–water partition coefficient (Wildman–Crippen LogP) is -2.41. The average Bonchev–Trinajstić information content (AvgIpc) is 2.42. The second kappa shape index (κ2) is 4.50. The van der Waals surface area contributed by atoms with E-state index in [-0.39, 0.29) is 69.6 Å². The number of amides is 2. The summed E-state index contributed by atoms with van der Waals surface area (Å²) in [5.74, 6) is -1.10. The summed E-state index contributed by atoms with van der Waals surface area (Å²) in [5.41, 5.74) is 0.0402. The van der Waals surface area contributed by atoms with E-state index in [1.807, 2.05) is 5.32 Å². The molecule has 0 fully saturated rings. The van der Waals surface area contributed by atoms with E-state index in [9.17, 15) is 19.7 Å². The van der Waals surface area contributed by atoms with Gasteiger partial charge in [-0.25, -0.2) is 0 Å². The maximum Gasteiger partial charge on any atom is 1.00 e. The van der Waals surface area contributed by atoms with Crippen LogP contribution in [0.3, 0.4) is 0 Å². The first-order valence-corrected chi connectivity index (χ1v) is 3.74. The Kier molecular flexibility index (Phi) is 3.74. The third kappa shape index (κ3) is 2.16. The Morgan fingerprint density at radius 3 is 2.40 bits per heavy atom. The molecule has 0 aromatic heterocycles. The van der Waals surface area contributed by atoms with Crippen molar-refractivity contribution in [2.45, 2.75) is 0 Å². The van der Waals surface area contributed by atoms with E-state index in [4.69, 9.17) is 0 Å². The fourth-order valence-electron chi connectivity index (χ4n) is 1.27. The molecule has 0 saturated heterocycles. The zero-order valence-corrected chi connectivity index (χ0v) is 10.9. The molecular formula is C8H5KN2O4. The van der Waals surface area contributed by atoms with Crippen LogP contribution >= 0.6 is 0 Å². The maximum absolute atomic E-state index is 11.1. The van der Waals surface area contributed by atoms with E-state index < -0.39 is 16.7 Å². The summed E-state index contributed by atoms with van der Waals surface area (Å²) in [6.45, 7) is 0. The summed E-state index contributed by atoms with van der Waals surface area (Å²) < 4.78 is 0. The molecule has 2 amide bonds. The zero-order valence-electron chi connectivity index (χ0n) is 8.81. The first kappa shape index (κ1) is 12.5. The fraction of sp³-hybridized carbons (Fsp3) is 0. The van der Waals surface area contributed by atoms with Crippen molar-refractivity contribution in [3.05, 3.63) is 39.4 Å². The normalized spacial score (nSPS) is 12.8. The molecule has 2 rings (SSSR count). The van der Waals surface area contributed by atoms with Gasteiger partial charge >= 0.3 is 51.4 Å². The summed E-state index contributed by atoms with van der Waals surface area (Å²) in [4.78, 5) is 31.9. The molecule has 0 bridgehead atoms.